The van der Waals surface area contributed by atoms with Crippen molar-refractivity contribution in [1.82, 2.24) is 0 Å². The lowest BCUT2D eigenvalue weighted by atomic mass is 9.93. The van der Waals surface area contributed by atoms with Gasteiger partial charge in [-0.3, -0.25) is 14.8 Å². The second-order valence-electron chi connectivity index (χ2n) is 4.67. The standard InChI is InChI=1S/C14H14O6/c1-7(2)3-9-8(10(15)6-20-18)4-12-13(14(9)17)11(16)5-19-12/h4,17-18H,1,3,5-6H2,2H3. The van der Waals surface area contributed by atoms with Gasteiger partial charge in [0.2, 0.25) is 5.78 Å². The highest BCUT2D eigenvalue weighted by Crippen LogP contribution is 2.39. The summed E-state index contributed by atoms with van der Waals surface area (Å²) in [6, 6.07) is 1.39. The van der Waals surface area contributed by atoms with E-state index in [1.165, 1.54) is 6.07 Å². The molecule has 2 N–H and O–H groups in total. The number of ketones is 2. The molecule has 0 aliphatic carbocycles. The topological polar surface area (TPSA) is 93.1 Å². The number of carbonyl (C=O) groups excluding carboxylic acids is 2. The Morgan fingerprint density at radius 2 is 2.25 bits per heavy atom. The average molecular weight is 278 g/mol. The summed E-state index contributed by atoms with van der Waals surface area (Å²) in [5.41, 5.74) is 1.23. The molecule has 0 bridgehead atoms. The first-order valence-corrected chi connectivity index (χ1v) is 5.94. The fraction of sp³-hybridized carbons (Fsp3) is 0.286. The number of phenols is 1. The molecule has 0 radical (unpaired) electrons. The third kappa shape index (κ3) is 2.43. The first-order valence-electron chi connectivity index (χ1n) is 5.94. The predicted octanol–water partition coefficient (Wildman–Crippen LogP) is 1.76. The lowest BCUT2D eigenvalue weighted by molar-refractivity contribution is -0.230. The number of rotatable bonds is 5. The molecule has 1 aliphatic rings. The third-order valence-corrected chi connectivity index (χ3v) is 2.98. The quantitative estimate of drug-likeness (QED) is 0.369. The van der Waals surface area contributed by atoms with Gasteiger partial charge in [0.25, 0.3) is 0 Å². The predicted molar refractivity (Wildman–Crippen MR) is 69.4 cm³/mol. The zero-order chi connectivity index (χ0) is 14.9. The Balaban J connectivity index is 2.61. The van der Waals surface area contributed by atoms with E-state index in [2.05, 4.69) is 11.5 Å². The molecule has 106 valence electrons. The van der Waals surface area contributed by atoms with Gasteiger partial charge >= 0.3 is 0 Å². The zero-order valence-electron chi connectivity index (χ0n) is 10.9. The van der Waals surface area contributed by atoms with Crippen LogP contribution in [0.5, 0.6) is 11.5 Å². The SMILES string of the molecule is C=C(C)Cc1c(C(=O)COO)cc2c(c1O)C(=O)CO2. The second kappa shape index (κ2) is 5.44. The maximum atomic E-state index is 11.9. The number of allylic oxidation sites excluding steroid dienone is 1. The summed E-state index contributed by atoms with van der Waals surface area (Å²) >= 11 is 0. The average Bonchev–Trinajstić information content (AvgIpc) is 2.74. The maximum absolute atomic E-state index is 11.9. The molecule has 1 aromatic rings. The van der Waals surface area contributed by atoms with Gasteiger partial charge in [0.05, 0.1) is 0 Å². The lowest BCUT2D eigenvalue weighted by Gasteiger charge is -2.13. The van der Waals surface area contributed by atoms with Crippen LogP contribution in [0.2, 0.25) is 0 Å². The van der Waals surface area contributed by atoms with Gasteiger partial charge in [-0.2, -0.15) is 0 Å². The van der Waals surface area contributed by atoms with Crippen molar-refractivity contribution in [2.45, 2.75) is 13.3 Å². The van der Waals surface area contributed by atoms with Gasteiger partial charge in [0, 0.05) is 11.1 Å². The molecule has 0 atom stereocenters. The summed E-state index contributed by atoms with van der Waals surface area (Å²) in [5, 5.41) is 18.6. The highest BCUT2D eigenvalue weighted by molar-refractivity contribution is 6.08. The van der Waals surface area contributed by atoms with Gasteiger partial charge in [0.1, 0.15) is 23.7 Å². The molecule has 2 rings (SSSR count). The van der Waals surface area contributed by atoms with Crippen molar-refractivity contribution in [3.8, 4) is 11.5 Å². The zero-order valence-corrected chi connectivity index (χ0v) is 10.9. The Morgan fingerprint density at radius 3 is 2.85 bits per heavy atom. The van der Waals surface area contributed by atoms with Crippen LogP contribution in [0, 0.1) is 0 Å². The number of Topliss-reactive ketones (excluding diaryl/α,β-unsaturated/α-hetero) is 2. The molecule has 0 saturated carbocycles. The first kappa shape index (κ1) is 14.2. The van der Waals surface area contributed by atoms with Crippen molar-refractivity contribution >= 4 is 11.6 Å². The molecule has 0 unspecified atom stereocenters. The number of ether oxygens (including phenoxy) is 1. The van der Waals surface area contributed by atoms with E-state index in [0.29, 0.717) is 5.57 Å². The summed E-state index contributed by atoms with van der Waals surface area (Å²) < 4.78 is 5.13. The van der Waals surface area contributed by atoms with E-state index in [9.17, 15) is 14.7 Å². The van der Waals surface area contributed by atoms with Crippen LogP contribution in [0.25, 0.3) is 0 Å². The molecule has 0 spiro atoms. The summed E-state index contributed by atoms with van der Waals surface area (Å²) in [6.07, 6.45) is 0.235. The van der Waals surface area contributed by atoms with Crippen LogP contribution in [0.15, 0.2) is 18.2 Å². The molecule has 6 heteroatoms. The Kier molecular flexibility index (Phi) is 3.87. The van der Waals surface area contributed by atoms with Gasteiger partial charge in [-0.15, -0.1) is 0 Å². The molecule has 1 aromatic carbocycles. The summed E-state index contributed by atoms with van der Waals surface area (Å²) in [5.74, 6) is -0.962. The van der Waals surface area contributed by atoms with E-state index in [1.807, 2.05) is 0 Å². The molecular formula is C14H14O6. The molecule has 1 aliphatic heterocycles. The van der Waals surface area contributed by atoms with Gasteiger partial charge < -0.3 is 9.84 Å². The third-order valence-electron chi connectivity index (χ3n) is 2.98. The Morgan fingerprint density at radius 1 is 1.55 bits per heavy atom. The summed E-state index contributed by atoms with van der Waals surface area (Å²) in [6.45, 7) is 4.76. The minimum Gasteiger partial charge on any atom is -0.507 e. The molecule has 6 nitrogen and oxygen atoms in total. The smallest absolute Gasteiger partial charge is 0.207 e. The van der Waals surface area contributed by atoms with Crippen LogP contribution in [-0.2, 0) is 11.3 Å². The summed E-state index contributed by atoms with van der Waals surface area (Å²) in [4.78, 5) is 27.4. The van der Waals surface area contributed by atoms with E-state index >= 15 is 0 Å². The number of phenolic OH excluding ortho intramolecular Hbond substituents is 1. The van der Waals surface area contributed by atoms with Gasteiger partial charge in [-0.1, -0.05) is 12.2 Å². The fourth-order valence-electron chi connectivity index (χ4n) is 2.15. The van der Waals surface area contributed by atoms with Crippen molar-refractivity contribution in [3.63, 3.8) is 0 Å². The van der Waals surface area contributed by atoms with Crippen LogP contribution >= 0.6 is 0 Å². The second-order valence-corrected chi connectivity index (χ2v) is 4.67. The van der Waals surface area contributed by atoms with Crippen LogP contribution in [0.4, 0.5) is 0 Å². The minimum absolute atomic E-state index is 0.0858. The van der Waals surface area contributed by atoms with Crippen LogP contribution < -0.4 is 4.74 Å². The Bertz CT molecular complexity index is 602. The first-order chi connectivity index (χ1) is 9.45. The van der Waals surface area contributed by atoms with Crippen LogP contribution in [-0.4, -0.2) is 35.1 Å². The van der Waals surface area contributed by atoms with E-state index in [-0.39, 0.29) is 47.0 Å². The largest absolute Gasteiger partial charge is 0.507 e. The van der Waals surface area contributed by atoms with Crippen molar-refractivity contribution in [2.75, 3.05) is 13.2 Å². The van der Waals surface area contributed by atoms with Crippen molar-refractivity contribution < 1.29 is 29.6 Å². The van der Waals surface area contributed by atoms with E-state index in [1.54, 1.807) is 6.92 Å². The Hall–Kier alpha value is -2.18. The van der Waals surface area contributed by atoms with Crippen LogP contribution in [0.1, 0.15) is 33.2 Å². The van der Waals surface area contributed by atoms with Crippen molar-refractivity contribution in [3.05, 3.63) is 34.9 Å². The van der Waals surface area contributed by atoms with E-state index in [4.69, 9.17) is 9.99 Å². The molecule has 20 heavy (non-hydrogen) atoms. The minimum atomic E-state index is -0.546. The van der Waals surface area contributed by atoms with Crippen molar-refractivity contribution in [2.24, 2.45) is 0 Å². The highest BCUT2D eigenvalue weighted by Gasteiger charge is 2.30. The number of fused-ring (bicyclic) bond motifs is 1. The number of carbonyl (C=O) groups is 2. The number of hydrogen-bond acceptors (Lipinski definition) is 6. The molecule has 0 saturated heterocycles. The Labute approximate surface area is 115 Å². The summed E-state index contributed by atoms with van der Waals surface area (Å²) in [7, 11) is 0. The fourth-order valence-corrected chi connectivity index (χ4v) is 2.15. The number of benzene rings is 1. The number of aromatic hydroxyl groups is 1. The van der Waals surface area contributed by atoms with E-state index < -0.39 is 12.4 Å². The van der Waals surface area contributed by atoms with Crippen molar-refractivity contribution in [1.29, 1.82) is 0 Å². The molecule has 0 amide bonds. The normalized spacial score (nSPS) is 13.0. The number of hydrogen-bond donors (Lipinski definition) is 2. The molecule has 0 fully saturated rings. The van der Waals surface area contributed by atoms with E-state index in [0.717, 1.165) is 0 Å². The lowest BCUT2D eigenvalue weighted by Crippen LogP contribution is -2.11. The van der Waals surface area contributed by atoms with Gasteiger partial charge in [-0.05, 0) is 19.4 Å². The highest BCUT2D eigenvalue weighted by atomic mass is 17.1. The molecule has 0 aromatic heterocycles. The molecular weight excluding hydrogens is 264 g/mol. The monoisotopic (exact) mass is 278 g/mol. The van der Waals surface area contributed by atoms with Gasteiger partial charge in [0.15, 0.2) is 12.4 Å². The van der Waals surface area contributed by atoms with Gasteiger partial charge in [-0.25, -0.2) is 4.89 Å². The molecule has 1 heterocycles. The maximum Gasteiger partial charge on any atom is 0.207 e. The van der Waals surface area contributed by atoms with Crippen LogP contribution in [0.3, 0.4) is 0 Å².